The molecule has 0 amide bonds. The number of likely N-dealkylation sites (N-methyl/N-ethyl adjacent to an activating group) is 1. The zero-order valence-corrected chi connectivity index (χ0v) is 11.7. The van der Waals surface area contributed by atoms with E-state index in [4.69, 9.17) is 4.74 Å². The van der Waals surface area contributed by atoms with E-state index in [-0.39, 0.29) is 5.60 Å². The van der Waals surface area contributed by atoms with Gasteiger partial charge in [0.25, 0.3) is 0 Å². The largest absolute Gasteiger partial charge is 0.371 e. The van der Waals surface area contributed by atoms with Gasteiger partial charge < -0.3 is 10.1 Å². The Morgan fingerprint density at radius 2 is 2.18 bits per heavy atom. The first kappa shape index (κ1) is 13.3. The highest BCUT2D eigenvalue weighted by atomic mass is 16.5. The van der Waals surface area contributed by atoms with Crippen LogP contribution < -0.4 is 5.32 Å². The van der Waals surface area contributed by atoms with Crippen molar-refractivity contribution < 1.29 is 4.74 Å². The molecule has 100 valence electrons. The summed E-state index contributed by atoms with van der Waals surface area (Å²) in [6.07, 6.45) is 5.61. The molecule has 3 nitrogen and oxygen atoms in total. The van der Waals surface area contributed by atoms with Gasteiger partial charge in [0.2, 0.25) is 0 Å². The van der Waals surface area contributed by atoms with Crippen LogP contribution >= 0.6 is 0 Å². The summed E-state index contributed by atoms with van der Waals surface area (Å²) in [6, 6.07) is 0.738. The molecule has 17 heavy (non-hydrogen) atoms. The molecule has 2 aliphatic rings. The monoisotopic (exact) mass is 240 g/mol. The van der Waals surface area contributed by atoms with Crippen molar-refractivity contribution >= 4 is 0 Å². The van der Waals surface area contributed by atoms with Crippen molar-refractivity contribution in [1.29, 1.82) is 0 Å². The van der Waals surface area contributed by atoms with Crippen molar-refractivity contribution in [1.82, 2.24) is 10.2 Å². The lowest BCUT2D eigenvalue weighted by molar-refractivity contribution is -0.0299. The number of nitrogens with one attached hydrogen (secondary N) is 1. The van der Waals surface area contributed by atoms with Gasteiger partial charge in [-0.05, 0) is 52.6 Å². The molecule has 0 saturated carbocycles. The summed E-state index contributed by atoms with van der Waals surface area (Å²) in [4.78, 5) is 2.63. The molecule has 0 bridgehead atoms. The van der Waals surface area contributed by atoms with Gasteiger partial charge in [0.15, 0.2) is 0 Å². The average Bonchev–Trinajstić information content (AvgIpc) is 2.83. The standard InChI is InChI=1S/C14H28N2O/c1-4-15-10-12-6-5-9-16(12)11-13-7-8-14(2,3)17-13/h12-13,15H,4-11H2,1-3H3. The first-order valence-electron chi connectivity index (χ1n) is 7.23. The van der Waals surface area contributed by atoms with E-state index in [1.807, 2.05) is 0 Å². The summed E-state index contributed by atoms with van der Waals surface area (Å²) in [5.41, 5.74) is 0.113. The molecular weight excluding hydrogens is 212 g/mol. The van der Waals surface area contributed by atoms with Crippen molar-refractivity contribution in [2.45, 2.75) is 64.2 Å². The minimum Gasteiger partial charge on any atom is -0.371 e. The van der Waals surface area contributed by atoms with Crippen LogP contribution in [0, 0.1) is 0 Å². The summed E-state index contributed by atoms with van der Waals surface area (Å²) >= 11 is 0. The summed E-state index contributed by atoms with van der Waals surface area (Å²) in [6.45, 7) is 11.2. The molecular formula is C14H28N2O. The molecule has 2 aliphatic heterocycles. The van der Waals surface area contributed by atoms with Crippen molar-refractivity contribution in [3.8, 4) is 0 Å². The first-order valence-corrected chi connectivity index (χ1v) is 7.23. The second kappa shape index (κ2) is 5.68. The normalized spacial score (nSPS) is 33.4. The van der Waals surface area contributed by atoms with Gasteiger partial charge in [0, 0.05) is 19.1 Å². The van der Waals surface area contributed by atoms with E-state index < -0.39 is 0 Å². The van der Waals surface area contributed by atoms with Crippen LogP contribution in [0.5, 0.6) is 0 Å². The van der Waals surface area contributed by atoms with E-state index in [0.717, 1.165) is 25.7 Å². The van der Waals surface area contributed by atoms with Crippen LogP contribution in [0.15, 0.2) is 0 Å². The second-order valence-corrected chi connectivity index (χ2v) is 6.14. The summed E-state index contributed by atoms with van der Waals surface area (Å²) in [7, 11) is 0. The molecule has 0 aromatic rings. The van der Waals surface area contributed by atoms with E-state index in [1.165, 1.54) is 32.2 Å². The van der Waals surface area contributed by atoms with E-state index in [1.54, 1.807) is 0 Å². The molecule has 2 atom stereocenters. The molecule has 2 heterocycles. The van der Waals surface area contributed by atoms with Gasteiger partial charge in [-0.15, -0.1) is 0 Å². The highest BCUT2D eigenvalue weighted by Crippen LogP contribution is 2.31. The van der Waals surface area contributed by atoms with Crippen LogP contribution in [-0.2, 0) is 4.74 Å². The van der Waals surface area contributed by atoms with Crippen LogP contribution in [0.1, 0.15) is 46.5 Å². The Morgan fingerprint density at radius 1 is 1.35 bits per heavy atom. The molecule has 3 heteroatoms. The predicted octanol–water partition coefficient (Wildman–Crippen LogP) is 2.02. The molecule has 2 fully saturated rings. The van der Waals surface area contributed by atoms with E-state index >= 15 is 0 Å². The van der Waals surface area contributed by atoms with E-state index in [0.29, 0.717) is 6.10 Å². The maximum absolute atomic E-state index is 6.10. The Balaban J connectivity index is 1.78. The smallest absolute Gasteiger partial charge is 0.0710 e. The predicted molar refractivity (Wildman–Crippen MR) is 71.3 cm³/mol. The van der Waals surface area contributed by atoms with Crippen LogP contribution in [0.4, 0.5) is 0 Å². The summed E-state index contributed by atoms with van der Waals surface area (Å²) in [5.74, 6) is 0. The number of ether oxygens (including phenoxy) is 1. The quantitative estimate of drug-likeness (QED) is 0.795. The Morgan fingerprint density at radius 3 is 2.82 bits per heavy atom. The van der Waals surface area contributed by atoms with Crippen LogP contribution in [0.3, 0.4) is 0 Å². The SMILES string of the molecule is CCNCC1CCCN1CC1CCC(C)(C)O1. The third-order valence-electron chi connectivity index (χ3n) is 4.12. The minimum atomic E-state index is 0.113. The zero-order valence-electron chi connectivity index (χ0n) is 11.7. The van der Waals surface area contributed by atoms with Crippen molar-refractivity contribution in [3.63, 3.8) is 0 Å². The molecule has 0 radical (unpaired) electrons. The molecule has 0 spiro atoms. The molecule has 0 aromatic heterocycles. The maximum Gasteiger partial charge on any atom is 0.0710 e. The lowest BCUT2D eigenvalue weighted by Gasteiger charge is -2.28. The summed E-state index contributed by atoms with van der Waals surface area (Å²) < 4.78 is 6.10. The number of likely N-dealkylation sites (tertiary alicyclic amines) is 1. The average molecular weight is 240 g/mol. The van der Waals surface area contributed by atoms with Crippen LogP contribution in [-0.4, -0.2) is 48.8 Å². The number of hydrogen-bond acceptors (Lipinski definition) is 3. The minimum absolute atomic E-state index is 0.113. The van der Waals surface area contributed by atoms with Crippen LogP contribution in [0.2, 0.25) is 0 Å². The van der Waals surface area contributed by atoms with Crippen molar-refractivity contribution in [3.05, 3.63) is 0 Å². The molecule has 2 unspecified atom stereocenters. The fraction of sp³-hybridized carbons (Fsp3) is 1.00. The Bertz CT molecular complexity index is 242. The molecule has 2 rings (SSSR count). The van der Waals surface area contributed by atoms with Gasteiger partial charge in [-0.25, -0.2) is 0 Å². The highest BCUT2D eigenvalue weighted by molar-refractivity contribution is 4.87. The second-order valence-electron chi connectivity index (χ2n) is 6.14. The highest BCUT2D eigenvalue weighted by Gasteiger charge is 2.34. The Labute approximate surface area is 106 Å². The molecule has 0 aliphatic carbocycles. The molecule has 0 aromatic carbocycles. The first-order chi connectivity index (χ1) is 8.11. The van der Waals surface area contributed by atoms with Gasteiger partial charge in [0.1, 0.15) is 0 Å². The lowest BCUT2D eigenvalue weighted by Crippen LogP contribution is -2.42. The fourth-order valence-electron chi connectivity index (χ4n) is 3.15. The van der Waals surface area contributed by atoms with Gasteiger partial charge >= 0.3 is 0 Å². The number of nitrogens with zero attached hydrogens (tertiary/aromatic N) is 1. The van der Waals surface area contributed by atoms with Gasteiger partial charge in [-0.1, -0.05) is 6.92 Å². The lowest BCUT2D eigenvalue weighted by atomic mass is 10.1. The van der Waals surface area contributed by atoms with Gasteiger partial charge in [-0.3, -0.25) is 4.90 Å². The Kier molecular flexibility index (Phi) is 4.45. The van der Waals surface area contributed by atoms with Crippen molar-refractivity contribution in [2.75, 3.05) is 26.2 Å². The maximum atomic E-state index is 6.10. The third-order valence-corrected chi connectivity index (χ3v) is 4.12. The van der Waals surface area contributed by atoms with E-state index in [9.17, 15) is 0 Å². The topological polar surface area (TPSA) is 24.5 Å². The van der Waals surface area contributed by atoms with Crippen molar-refractivity contribution in [2.24, 2.45) is 0 Å². The fourth-order valence-corrected chi connectivity index (χ4v) is 3.15. The van der Waals surface area contributed by atoms with E-state index in [2.05, 4.69) is 31.0 Å². The number of rotatable bonds is 5. The third kappa shape index (κ3) is 3.67. The molecule has 2 saturated heterocycles. The van der Waals surface area contributed by atoms with Crippen LogP contribution in [0.25, 0.3) is 0 Å². The van der Waals surface area contributed by atoms with Gasteiger partial charge in [0.05, 0.1) is 11.7 Å². The number of hydrogen-bond donors (Lipinski definition) is 1. The zero-order chi connectivity index (χ0) is 12.3. The van der Waals surface area contributed by atoms with Gasteiger partial charge in [-0.2, -0.15) is 0 Å². The summed E-state index contributed by atoms with van der Waals surface area (Å²) in [5, 5.41) is 3.48. The molecule has 1 N–H and O–H groups in total. The Hall–Kier alpha value is -0.120.